The Kier molecular flexibility index (Phi) is 15.9. The van der Waals surface area contributed by atoms with Crippen LogP contribution in [0.25, 0.3) is 264 Å². The van der Waals surface area contributed by atoms with Gasteiger partial charge in [0.05, 0.1) is 22.4 Å². The van der Waals surface area contributed by atoms with Crippen LogP contribution in [0, 0.1) is 0 Å². The predicted octanol–water partition coefficient (Wildman–Crippen LogP) is 29.8. The third-order valence-corrected chi connectivity index (χ3v) is 25.0. The smallest absolute Gasteiger partial charge is 0.164 e. The van der Waals surface area contributed by atoms with Gasteiger partial charge in [-0.1, -0.05) is 267 Å². The Morgan fingerprint density at radius 2 is 0.488 bits per heavy atom. The first-order chi connectivity index (χ1) is 60.9. The molecule has 0 atom stereocenters. The molecule has 0 aliphatic heterocycles. The number of nitrogens with zero attached hydrogens (tertiary/aromatic N) is 8. The van der Waals surface area contributed by atoms with Crippen LogP contribution in [0.1, 0.15) is 0 Å². The lowest BCUT2D eigenvalue weighted by Crippen LogP contribution is -2.00. The normalized spacial score (nSPS) is 11.9. The molecule has 0 bridgehead atoms. The summed E-state index contributed by atoms with van der Waals surface area (Å²) in [7, 11) is 0. The lowest BCUT2D eigenvalue weighted by molar-refractivity contribution is 0.668. The summed E-state index contributed by atoms with van der Waals surface area (Å²) in [5.41, 5.74) is 22.2. The summed E-state index contributed by atoms with van der Waals surface area (Å²) in [6, 6.07) is 129. The van der Waals surface area contributed by atoms with Gasteiger partial charge in [-0.2, -0.15) is 0 Å². The summed E-state index contributed by atoms with van der Waals surface area (Å²) >= 11 is 1.85. The zero-order chi connectivity index (χ0) is 80.7. The van der Waals surface area contributed by atoms with Gasteiger partial charge in [0.15, 0.2) is 34.9 Å². The molecule has 17 aromatic carbocycles. The van der Waals surface area contributed by atoms with Gasteiger partial charge in [0.2, 0.25) is 0 Å². The molecule has 0 N–H and O–H groups in total. The van der Waals surface area contributed by atoms with E-state index >= 15 is 0 Å². The number of thiophene rings is 1. The van der Waals surface area contributed by atoms with Crippen LogP contribution in [0.5, 0.6) is 0 Å². The van der Waals surface area contributed by atoms with Gasteiger partial charge >= 0.3 is 0 Å². The van der Waals surface area contributed by atoms with Crippen LogP contribution in [-0.4, -0.2) is 39.9 Å². The van der Waals surface area contributed by atoms with E-state index in [1.165, 1.54) is 31.1 Å². The van der Waals surface area contributed by atoms with Crippen molar-refractivity contribution < 1.29 is 17.7 Å². The molecule has 0 aliphatic rings. The molecule has 0 saturated heterocycles. The van der Waals surface area contributed by atoms with Crippen molar-refractivity contribution in [3.05, 3.63) is 376 Å². The first-order valence-electron chi connectivity index (χ1n) is 40.9. The highest BCUT2D eigenvalue weighted by molar-refractivity contribution is 7.26. The lowest BCUT2D eigenvalue weighted by Gasteiger charge is -2.15. The van der Waals surface area contributed by atoms with Crippen LogP contribution in [0.15, 0.2) is 394 Å². The average Bonchev–Trinajstić information content (AvgIpc) is 1.70. The van der Waals surface area contributed by atoms with Crippen LogP contribution in [-0.2, 0) is 0 Å². The van der Waals surface area contributed by atoms with Gasteiger partial charge in [0, 0.05) is 151 Å². The van der Waals surface area contributed by atoms with E-state index in [1.54, 1.807) is 0 Å². The third kappa shape index (κ3) is 11.7. The van der Waals surface area contributed by atoms with E-state index in [4.69, 9.17) is 57.5 Å². The third-order valence-electron chi connectivity index (χ3n) is 23.8. The molecule has 0 aliphatic carbocycles. The molecule has 0 saturated carbocycles. The van der Waals surface area contributed by atoms with E-state index < -0.39 is 0 Å². The maximum absolute atomic E-state index is 6.82. The highest BCUT2D eigenvalue weighted by Gasteiger charge is 2.26. The van der Waals surface area contributed by atoms with Gasteiger partial charge in [-0.3, -0.25) is 0 Å². The number of benzene rings is 17. The van der Waals surface area contributed by atoms with Gasteiger partial charge in [-0.25, -0.2) is 39.9 Å². The Bertz CT molecular complexity index is 8690. The fourth-order valence-corrected chi connectivity index (χ4v) is 19.3. The number of hydrogen-bond acceptors (Lipinski definition) is 13. The molecule has 0 radical (unpaired) electrons. The molecule has 12 nitrogen and oxygen atoms in total. The van der Waals surface area contributed by atoms with Gasteiger partial charge in [0.1, 0.15) is 44.7 Å². The molecule has 9 heterocycles. The summed E-state index contributed by atoms with van der Waals surface area (Å²) in [6.45, 7) is 0. The molecule has 0 fully saturated rings. The van der Waals surface area contributed by atoms with Gasteiger partial charge in [0.25, 0.3) is 0 Å². The zero-order valence-corrected chi connectivity index (χ0v) is 66.2. The second kappa shape index (κ2) is 28.1. The van der Waals surface area contributed by atoms with Gasteiger partial charge in [-0.05, 0) is 120 Å². The van der Waals surface area contributed by atoms with Crippen molar-refractivity contribution in [2.24, 2.45) is 0 Å². The van der Waals surface area contributed by atoms with E-state index in [1.807, 2.05) is 151 Å². The Hall–Kier alpha value is -16.5. The van der Waals surface area contributed by atoms with E-state index in [0.29, 0.717) is 34.9 Å². The topological polar surface area (TPSA) is 156 Å². The van der Waals surface area contributed by atoms with Crippen molar-refractivity contribution in [3.63, 3.8) is 0 Å². The Morgan fingerprint density at radius 3 is 0.935 bits per heavy atom. The molecule has 0 unspecified atom stereocenters. The van der Waals surface area contributed by atoms with E-state index in [0.717, 1.165) is 198 Å². The maximum atomic E-state index is 6.82. The minimum Gasteiger partial charge on any atom is -0.456 e. The first-order valence-corrected chi connectivity index (χ1v) is 41.7. The second-order valence-corrected chi connectivity index (χ2v) is 32.1. The average molecular weight is 1590 g/mol. The van der Waals surface area contributed by atoms with Crippen LogP contribution in [0.4, 0.5) is 0 Å². The molecular formula is C110H62N8O4S. The number of para-hydroxylation sites is 6. The zero-order valence-electron chi connectivity index (χ0n) is 65.4. The van der Waals surface area contributed by atoms with Gasteiger partial charge < -0.3 is 17.7 Å². The summed E-state index contributed by atoms with van der Waals surface area (Å²) in [5, 5.41) is 17.7. The molecule has 9 aromatic heterocycles. The molecule has 0 amide bonds. The van der Waals surface area contributed by atoms with E-state index in [2.05, 4.69) is 237 Å². The first kappa shape index (κ1) is 69.6. The fraction of sp³-hybridized carbons (Fsp3) is 0. The molecule has 13 heteroatoms. The molecule has 123 heavy (non-hydrogen) atoms. The minimum absolute atomic E-state index is 0.556. The number of pyridine rings is 2. The summed E-state index contributed by atoms with van der Waals surface area (Å²) < 4.78 is 27.9. The van der Waals surface area contributed by atoms with E-state index in [-0.39, 0.29) is 0 Å². The van der Waals surface area contributed by atoms with Gasteiger partial charge in [-0.15, -0.1) is 11.3 Å². The van der Waals surface area contributed by atoms with Crippen molar-refractivity contribution in [1.29, 1.82) is 0 Å². The van der Waals surface area contributed by atoms with Crippen molar-refractivity contribution >= 4 is 163 Å². The Balaban J connectivity index is 0.000000136. The van der Waals surface area contributed by atoms with Crippen LogP contribution in [0.2, 0.25) is 0 Å². The minimum atomic E-state index is 0.556. The fourth-order valence-electron chi connectivity index (χ4n) is 18.0. The summed E-state index contributed by atoms with van der Waals surface area (Å²) in [6.07, 6.45) is 0. The van der Waals surface area contributed by atoms with Crippen LogP contribution in [0.3, 0.4) is 0 Å². The maximum Gasteiger partial charge on any atom is 0.164 e. The highest BCUT2D eigenvalue weighted by Crippen LogP contribution is 2.51. The number of fused-ring (bicyclic) bond motifs is 23. The van der Waals surface area contributed by atoms with Crippen molar-refractivity contribution in [3.8, 4) is 113 Å². The number of aromatic nitrogens is 8. The lowest BCUT2D eigenvalue weighted by atomic mass is 9.91. The largest absolute Gasteiger partial charge is 0.456 e. The quantitative estimate of drug-likeness (QED) is 0.120. The molecule has 26 rings (SSSR count). The number of furan rings is 4. The number of rotatable bonds is 10. The second-order valence-electron chi connectivity index (χ2n) is 31.0. The van der Waals surface area contributed by atoms with Crippen molar-refractivity contribution in [1.82, 2.24) is 39.9 Å². The van der Waals surface area contributed by atoms with Crippen molar-refractivity contribution in [2.75, 3.05) is 0 Å². The molecule has 26 aromatic rings. The van der Waals surface area contributed by atoms with E-state index in [9.17, 15) is 0 Å². The molecular weight excluding hydrogens is 1530 g/mol. The summed E-state index contributed by atoms with van der Waals surface area (Å²) in [4.78, 5) is 41.3. The molecule has 0 spiro atoms. The van der Waals surface area contributed by atoms with Crippen LogP contribution >= 0.6 is 11.3 Å². The number of hydrogen-bond donors (Lipinski definition) is 0. The van der Waals surface area contributed by atoms with Crippen LogP contribution < -0.4 is 0 Å². The highest BCUT2D eigenvalue weighted by atomic mass is 32.1. The predicted molar refractivity (Wildman–Crippen MR) is 502 cm³/mol. The molecule has 572 valence electrons. The standard InChI is InChI=1S/C58H32N4O3.C52H30N4OS/c1-2-12-34(13-3-1)54-45-32-42(55-53(41-17-7-11-21-49(41)65-55)52(45)40-16-4-8-18-46(40)59-54)33-22-24-35(25-23-33)56-60-57(36-26-28-50-43(30-36)38-14-5-9-19-47(38)63-50)62-58(61-56)37-27-29-51-44(31-37)39-15-6-10-20-48(39)64-51;1-3-13-32(14-4-1)48-41-30-39(49-47(38-19-9-12-22-45(38)58-49)46(41)37-18-7-10-20-42(37)53-48)31-23-25-34(26-24-31)51-54-50(33-15-5-2-6-16-33)55-52(56-51)35-27-28-44-40(29-35)36-17-8-11-21-43(36)57-44/h1-32H;1-30H. The Morgan fingerprint density at radius 1 is 0.179 bits per heavy atom. The Labute approximate surface area is 704 Å². The summed E-state index contributed by atoms with van der Waals surface area (Å²) in [5.74, 6) is 3.52. The van der Waals surface area contributed by atoms with Crippen molar-refractivity contribution in [2.45, 2.75) is 0 Å². The monoisotopic (exact) mass is 1590 g/mol. The SMILES string of the molecule is c1ccc(-c2nc(-c3ccc(-c4cc5c(-c6ccccc6)nc6ccccc6c5c5c4sc4ccccc45)cc3)nc(-c3ccc4oc5ccccc5c4c3)n2)cc1.c1ccc(-c2nc3ccccc3c3c2cc(-c2ccc(-c4nc(-c5ccc6oc7ccccc7c6c5)nc(-c5ccc6oc7ccccc7c6c5)n4)cc2)c2oc4ccccc4c23)cc1.